The Morgan fingerprint density at radius 3 is 2.47 bits per heavy atom. The molecule has 2 nitrogen and oxygen atoms in total. The molecule has 88 valence electrons. The van der Waals surface area contributed by atoms with Gasteiger partial charge in [-0.1, -0.05) is 17.7 Å². The van der Waals surface area contributed by atoms with Crippen molar-refractivity contribution in [1.29, 1.82) is 0 Å². The van der Waals surface area contributed by atoms with E-state index in [1.165, 1.54) is 24.0 Å². The molecule has 1 amide bonds. The van der Waals surface area contributed by atoms with Crippen molar-refractivity contribution >= 4 is 11.6 Å². The Kier molecular flexibility index (Phi) is 2.50. The highest BCUT2D eigenvalue weighted by Gasteiger charge is 2.31. The maximum absolute atomic E-state index is 12.3. The summed E-state index contributed by atoms with van der Waals surface area (Å²) in [6.45, 7) is 2.89. The molecule has 0 saturated carbocycles. The Morgan fingerprint density at radius 2 is 1.76 bits per heavy atom. The van der Waals surface area contributed by atoms with Gasteiger partial charge in [0.2, 0.25) is 0 Å². The van der Waals surface area contributed by atoms with Gasteiger partial charge in [0.15, 0.2) is 0 Å². The van der Waals surface area contributed by atoms with Crippen molar-refractivity contribution in [2.75, 3.05) is 11.4 Å². The molecule has 1 aromatic rings. The fourth-order valence-electron chi connectivity index (χ4n) is 2.76. The van der Waals surface area contributed by atoms with Gasteiger partial charge in [-0.2, -0.15) is 0 Å². The van der Waals surface area contributed by atoms with Gasteiger partial charge in [-0.05, 0) is 50.3 Å². The van der Waals surface area contributed by atoms with Gasteiger partial charge in [-0.25, -0.2) is 0 Å². The Bertz CT molecular complexity index is 484. The summed E-state index contributed by atoms with van der Waals surface area (Å²) in [5.41, 5.74) is 4.74. The fourth-order valence-corrected chi connectivity index (χ4v) is 2.76. The van der Waals surface area contributed by atoms with Gasteiger partial charge in [0, 0.05) is 17.8 Å². The molecule has 0 aromatic heterocycles. The number of rotatable bonds is 1. The van der Waals surface area contributed by atoms with Crippen LogP contribution in [-0.2, 0) is 4.79 Å². The SMILES string of the molecule is Cc1ccc(N2CC3=C(CCCC3)C2=O)cc1. The highest BCUT2D eigenvalue weighted by atomic mass is 16.2. The standard InChI is InChI=1S/C15H17NO/c1-11-6-8-13(9-7-11)16-10-12-4-2-3-5-14(12)15(16)17/h6-9H,2-5,10H2,1H3. The minimum Gasteiger partial charge on any atom is -0.305 e. The van der Waals surface area contributed by atoms with E-state index >= 15 is 0 Å². The molecule has 3 rings (SSSR count). The number of carbonyl (C=O) groups excluding carboxylic acids is 1. The monoisotopic (exact) mass is 227 g/mol. The predicted octanol–water partition coefficient (Wildman–Crippen LogP) is 3.21. The van der Waals surface area contributed by atoms with Crippen LogP contribution in [0, 0.1) is 6.92 Å². The van der Waals surface area contributed by atoms with Crippen molar-refractivity contribution in [3.63, 3.8) is 0 Å². The molecule has 2 aliphatic rings. The number of amides is 1. The van der Waals surface area contributed by atoms with E-state index in [-0.39, 0.29) is 5.91 Å². The second-order valence-corrected chi connectivity index (χ2v) is 5.02. The van der Waals surface area contributed by atoms with Crippen molar-refractivity contribution in [3.05, 3.63) is 41.0 Å². The minimum atomic E-state index is 0.239. The largest absolute Gasteiger partial charge is 0.305 e. The second kappa shape index (κ2) is 4.02. The topological polar surface area (TPSA) is 20.3 Å². The zero-order chi connectivity index (χ0) is 11.8. The minimum absolute atomic E-state index is 0.239. The summed E-state index contributed by atoms with van der Waals surface area (Å²) >= 11 is 0. The van der Waals surface area contributed by atoms with Crippen molar-refractivity contribution in [2.45, 2.75) is 32.6 Å². The molecule has 0 spiro atoms. The van der Waals surface area contributed by atoms with E-state index in [1.54, 1.807) is 0 Å². The van der Waals surface area contributed by atoms with E-state index in [2.05, 4.69) is 19.1 Å². The highest BCUT2D eigenvalue weighted by molar-refractivity contribution is 6.09. The number of anilines is 1. The fraction of sp³-hybridized carbons (Fsp3) is 0.400. The van der Waals surface area contributed by atoms with Gasteiger partial charge in [-0.15, -0.1) is 0 Å². The molecule has 0 saturated heterocycles. The maximum atomic E-state index is 12.3. The third-order valence-corrected chi connectivity index (χ3v) is 3.78. The Labute approximate surface area is 102 Å². The molecule has 1 heterocycles. The molecule has 0 radical (unpaired) electrons. The van der Waals surface area contributed by atoms with E-state index in [9.17, 15) is 4.79 Å². The van der Waals surface area contributed by atoms with Crippen LogP contribution in [0.1, 0.15) is 31.2 Å². The number of benzene rings is 1. The summed E-state index contributed by atoms with van der Waals surface area (Å²) in [5.74, 6) is 0.239. The van der Waals surface area contributed by atoms with Crippen molar-refractivity contribution < 1.29 is 4.79 Å². The summed E-state index contributed by atoms with van der Waals surface area (Å²) in [5, 5.41) is 0. The lowest BCUT2D eigenvalue weighted by Crippen LogP contribution is -2.26. The van der Waals surface area contributed by atoms with Gasteiger partial charge in [-0.3, -0.25) is 4.79 Å². The Balaban J connectivity index is 1.88. The Hall–Kier alpha value is -1.57. The second-order valence-electron chi connectivity index (χ2n) is 5.02. The van der Waals surface area contributed by atoms with Crippen LogP contribution in [-0.4, -0.2) is 12.5 Å². The summed E-state index contributed by atoms with van der Waals surface area (Å²) < 4.78 is 0. The van der Waals surface area contributed by atoms with E-state index in [4.69, 9.17) is 0 Å². The molecule has 0 fully saturated rings. The molecule has 0 atom stereocenters. The molecule has 1 aromatic carbocycles. The van der Waals surface area contributed by atoms with Crippen molar-refractivity contribution in [2.24, 2.45) is 0 Å². The first kappa shape index (κ1) is 10.6. The first-order valence-electron chi connectivity index (χ1n) is 6.35. The quantitative estimate of drug-likeness (QED) is 0.721. The normalized spacial score (nSPS) is 19.8. The average Bonchev–Trinajstić information content (AvgIpc) is 2.69. The Morgan fingerprint density at radius 1 is 1.06 bits per heavy atom. The lowest BCUT2D eigenvalue weighted by Gasteiger charge is -2.17. The van der Waals surface area contributed by atoms with Crippen molar-refractivity contribution in [3.8, 4) is 0 Å². The number of hydrogen-bond acceptors (Lipinski definition) is 1. The van der Waals surface area contributed by atoms with E-state index in [0.29, 0.717) is 0 Å². The number of hydrogen-bond donors (Lipinski definition) is 0. The predicted molar refractivity (Wildman–Crippen MR) is 69.0 cm³/mol. The van der Waals surface area contributed by atoms with Crippen LogP contribution in [0.2, 0.25) is 0 Å². The van der Waals surface area contributed by atoms with Crippen LogP contribution in [0.4, 0.5) is 5.69 Å². The summed E-state index contributed by atoms with van der Waals surface area (Å²) in [4.78, 5) is 14.2. The van der Waals surface area contributed by atoms with Gasteiger partial charge >= 0.3 is 0 Å². The number of aryl methyl sites for hydroxylation is 1. The van der Waals surface area contributed by atoms with Crippen LogP contribution in [0.15, 0.2) is 35.4 Å². The zero-order valence-electron chi connectivity index (χ0n) is 10.2. The molecule has 17 heavy (non-hydrogen) atoms. The summed E-state index contributed by atoms with van der Waals surface area (Å²) in [6.07, 6.45) is 4.51. The third-order valence-electron chi connectivity index (χ3n) is 3.78. The van der Waals surface area contributed by atoms with E-state index in [0.717, 1.165) is 30.6 Å². The van der Waals surface area contributed by atoms with E-state index in [1.807, 2.05) is 17.0 Å². The molecular formula is C15H17NO. The maximum Gasteiger partial charge on any atom is 0.254 e. The van der Waals surface area contributed by atoms with Crippen LogP contribution in [0.5, 0.6) is 0 Å². The van der Waals surface area contributed by atoms with Crippen LogP contribution >= 0.6 is 0 Å². The molecular weight excluding hydrogens is 210 g/mol. The number of nitrogens with zero attached hydrogens (tertiary/aromatic N) is 1. The lowest BCUT2D eigenvalue weighted by molar-refractivity contribution is -0.114. The summed E-state index contributed by atoms with van der Waals surface area (Å²) in [7, 11) is 0. The molecule has 2 heteroatoms. The molecule has 0 bridgehead atoms. The molecule has 0 N–H and O–H groups in total. The highest BCUT2D eigenvalue weighted by Crippen LogP contribution is 2.34. The first-order valence-corrected chi connectivity index (χ1v) is 6.35. The first-order chi connectivity index (χ1) is 8.25. The third kappa shape index (κ3) is 1.78. The summed E-state index contributed by atoms with van der Waals surface area (Å²) in [6, 6.07) is 8.23. The molecule has 1 aliphatic heterocycles. The zero-order valence-corrected chi connectivity index (χ0v) is 10.2. The van der Waals surface area contributed by atoms with Crippen LogP contribution < -0.4 is 4.90 Å². The van der Waals surface area contributed by atoms with Crippen molar-refractivity contribution in [1.82, 2.24) is 0 Å². The average molecular weight is 227 g/mol. The van der Waals surface area contributed by atoms with E-state index < -0.39 is 0 Å². The van der Waals surface area contributed by atoms with Gasteiger partial charge < -0.3 is 4.90 Å². The van der Waals surface area contributed by atoms with Gasteiger partial charge in [0.05, 0.1) is 0 Å². The molecule has 0 unspecified atom stereocenters. The lowest BCUT2D eigenvalue weighted by atomic mass is 9.94. The molecule has 1 aliphatic carbocycles. The smallest absolute Gasteiger partial charge is 0.254 e. The van der Waals surface area contributed by atoms with Gasteiger partial charge in [0.25, 0.3) is 5.91 Å². The van der Waals surface area contributed by atoms with Crippen LogP contribution in [0.3, 0.4) is 0 Å². The number of carbonyl (C=O) groups is 1. The van der Waals surface area contributed by atoms with Crippen LogP contribution in [0.25, 0.3) is 0 Å². The van der Waals surface area contributed by atoms with Gasteiger partial charge in [0.1, 0.15) is 0 Å².